The van der Waals surface area contributed by atoms with Gasteiger partial charge in [-0.15, -0.1) is 0 Å². The maximum atomic E-state index is 13.0. The van der Waals surface area contributed by atoms with Crippen LogP contribution in [0.2, 0.25) is 0 Å². The Kier molecular flexibility index (Phi) is 15.9. The van der Waals surface area contributed by atoms with Gasteiger partial charge < -0.3 is 38.3 Å². The van der Waals surface area contributed by atoms with Crippen molar-refractivity contribution >= 4 is 41.4 Å². The minimum Gasteiger partial charge on any atom is -0.480 e. The first-order valence-corrected chi connectivity index (χ1v) is 12.7. The second kappa shape index (κ2) is 17.1. The Hall–Kier alpha value is -2.38. The summed E-state index contributed by atoms with van der Waals surface area (Å²) in [7, 11) is 0. The number of aliphatic carboxylic acids is 1. The molecule has 0 bridgehead atoms. The third-order valence-electron chi connectivity index (χ3n) is 5.09. The number of carbonyl (C=O) groups is 5. The van der Waals surface area contributed by atoms with Gasteiger partial charge in [0, 0.05) is 6.42 Å². The quantitative estimate of drug-likeness (QED) is 0.110. The van der Waals surface area contributed by atoms with Crippen LogP contribution in [0.25, 0.3) is 0 Å². The monoisotopic (exact) mass is 504 g/mol. The molecule has 4 atom stereocenters. The number of carboxylic acid groups (broad SMARTS) is 1. The zero-order chi connectivity index (χ0) is 26.3. The Labute approximate surface area is 204 Å². The van der Waals surface area contributed by atoms with E-state index in [1.807, 2.05) is 0 Å². The van der Waals surface area contributed by atoms with Gasteiger partial charge in [0.05, 0.1) is 6.04 Å². The van der Waals surface area contributed by atoms with Gasteiger partial charge >= 0.3 is 5.97 Å². The largest absolute Gasteiger partial charge is 0.480 e. The van der Waals surface area contributed by atoms with Crippen molar-refractivity contribution in [1.82, 2.24) is 16.0 Å². The highest BCUT2D eigenvalue weighted by atomic mass is 32.2. The molecule has 0 saturated heterocycles. The number of carbonyl (C=O) groups excluding carboxylic acids is 4. The molecule has 0 saturated carbocycles. The Morgan fingerprint density at radius 3 is 2.00 bits per heavy atom. The lowest BCUT2D eigenvalue weighted by Crippen LogP contribution is -2.58. The van der Waals surface area contributed by atoms with E-state index in [0.717, 1.165) is 6.42 Å². The van der Waals surface area contributed by atoms with E-state index in [1.54, 1.807) is 20.1 Å². The van der Waals surface area contributed by atoms with Gasteiger partial charge in [0.25, 0.3) is 0 Å². The average Bonchev–Trinajstić information content (AvgIpc) is 2.76. The molecular formula is C21H40N6O6S. The van der Waals surface area contributed by atoms with E-state index in [1.165, 1.54) is 11.8 Å². The van der Waals surface area contributed by atoms with Crippen LogP contribution in [-0.4, -0.2) is 77.4 Å². The molecule has 0 aromatic rings. The van der Waals surface area contributed by atoms with Gasteiger partial charge in [-0.2, -0.15) is 11.8 Å². The molecule has 196 valence electrons. The van der Waals surface area contributed by atoms with Crippen molar-refractivity contribution in [3.05, 3.63) is 0 Å². The second-order valence-corrected chi connectivity index (χ2v) is 9.35. The van der Waals surface area contributed by atoms with E-state index in [4.69, 9.17) is 17.2 Å². The first-order chi connectivity index (χ1) is 15.9. The minimum absolute atomic E-state index is 0.126. The van der Waals surface area contributed by atoms with Crippen molar-refractivity contribution in [1.29, 1.82) is 0 Å². The number of nitrogens with two attached hydrogens (primary N) is 3. The molecule has 0 aliphatic heterocycles. The molecule has 12 nitrogen and oxygen atoms in total. The van der Waals surface area contributed by atoms with Gasteiger partial charge in [-0.3, -0.25) is 19.2 Å². The molecule has 0 aliphatic rings. The SMILES string of the molecule is CSCCC(NC(=O)C(CCC(N)=O)NC(=O)C(NC(=O)C(N)CCCCN)C(C)C)C(=O)O. The summed E-state index contributed by atoms with van der Waals surface area (Å²) in [4.78, 5) is 60.9. The van der Waals surface area contributed by atoms with E-state index in [0.29, 0.717) is 25.1 Å². The second-order valence-electron chi connectivity index (χ2n) is 8.37. The lowest BCUT2D eigenvalue weighted by molar-refractivity contribution is -0.142. The molecule has 0 rings (SSSR count). The lowest BCUT2D eigenvalue weighted by atomic mass is 10.0. The standard InChI is InChI=1S/C21H40N6O6S/c1-12(2)17(27-18(29)13(23)6-4-5-10-22)20(31)25-14(7-8-16(24)28)19(30)26-15(21(32)33)9-11-34-3/h12-15,17H,4-11,22-23H2,1-3H3,(H2,24,28)(H,25,31)(H,26,30)(H,27,29)(H,32,33). The predicted octanol–water partition coefficient (Wildman–Crippen LogP) is -1.34. The number of amides is 4. The predicted molar refractivity (Wildman–Crippen MR) is 131 cm³/mol. The average molecular weight is 505 g/mol. The fourth-order valence-corrected chi connectivity index (χ4v) is 3.49. The zero-order valence-electron chi connectivity index (χ0n) is 20.2. The van der Waals surface area contributed by atoms with Crippen molar-refractivity contribution in [2.24, 2.45) is 23.1 Å². The topological polar surface area (TPSA) is 220 Å². The van der Waals surface area contributed by atoms with Crippen LogP contribution in [0.4, 0.5) is 0 Å². The molecule has 4 amide bonds. The molecule has 0 radical (unpaired) electrons. The van der Waals surface area contributed by atoms with Crippen molar-refractivity contribution in [2.45, 2.75) is 76.5 Å². The maximum Gasteiger partial charge on any atom is 0.326 e. The van der Waals surface area contributed by atoms with E-state index >= 15 is 0 Å². The van der Waals surface area contributed by atoms with E-state index < -0.39 is 53.8 Å². The van der Waals surface area contributed by atoms with Crippen LogP contribution in [0, 0.1) is 5.92 Å². The van der Waals surface area contributed by atoms with Crippen molar-refractivity contribution in [3.63, 3.8) is 0 Å². The molecular weight excluding hydrogens is 464 g/mol. The summed E-state index contributed by atoms with van der Waals surface area (Å²) in [5, 5.41) is 16.9. The third-order valence-corrected chi connectivity index (χ3v) is 5.73. The van der Waals surface area contributed by atoms with Gasteiger partial charge in [0.15, 0.2) is 0 Å². The van der Waals surface area contributed by atoms with Crippen LogP contribution < -0.4 is 33.2 Å². The summed E-state index contributed by atoms with van der Waals surface area (Å²) < 4.78 is 0. The molecule has 13 heteroatoms. The van der Waals surface area contributed by atoms with E-state index in [-0.39, 0.29) is 25.2 Å². The van der Waals surface area contributed by atoms with Crippen molar-refractivity contribution < 1.29 is 29.1 Å². The smallest absolute Gasteiger partial charge is 0.326 e. The summed E-state index contributed by atoms with van der Waals surface area (Å²) in [5.74, 6) is -3.64. The first kappa shape index (κ1) is 31.6. The molecule has 0 aromatic heterocycles. The van der Waals surface area contributed by atoms with Gasteiger partial charge in [0.1, 0.15) is 18.1 Å². The number of thioether (sulfide) groups is 1. The number of hydrogen-bond acceptors (Lipinski definition) is 8. The zero-order valence-corrected chi connectivity index (χ0v) is 21.0. The van der Waals surface area contributed by atoms with Crippen LogP contribution in [-0.2, 0) is 24.0 Å². The molecule has 0 heterocycles. The minimum atomic E-state index is -1.22. The number of primary amides is 1. The van der Waals surface area contributed by atoms with Crippen LogP contribution in [0.5, 0.6) is 0 Å². The molecule has 0 aromatic carbocycles. The summed E-state index contributed by atoms with van der Waals surface area (Å²) in [6, 6.07) is -4.18. The van der Waals surface area contributed by atoms with Gasteiger partial charge in [-0.1, -0.05) is 20.3 Å². The van der Waals surface area contributed by atoms with E-state index in [9.17, 15) is 29.1 Å². The highest BCUT2D eigenvalue weighted by Gasteiger charge is 2.31. The number of nitrogens with one attached hydrogen (secondary N) is 3. The Balaban J connectivity index is 5.38. The Morgan fingerprint density at radius 1 is 0.882 bits per heavy atom. The number of hydrogen-bond donors (Lipinski definition) is 7. The molecule has 34 heavy (non-hydrogen) atoms. The lowest BCUT2D eigenvalue weighted by Gasteiger charge is -2.27. The van der Waals surface area contributed by atoms with Crippen molar-refractivity contribution in [3.8, 4) is 0 Å². The summed E-state index contributed by atoms with van der Waals surface area (Å²) in [5.41, 5.74) is 16.5. The first-order valence-electron chi connectivity index (χ1n) is 11.3. The highest BCUT2D eigenvalue weighted by Crippen LogP contribution is 2.08. The maximum absolute atomic E-state index is 13.0. The summed E-state index contributed by atoms with van der Waals surface area (Å²) in [6.07, 6.45) is 3.46. The van der Waals surface area contributed by atoms with Crippen LogP contribution in [0.15, 0.2) is 0 Å². The molecule has 0 aliphatic carbocycles. The fourth-order valence-electron chi connectivity index (χ4n) is 3.02. The van der Waals surface area contributed by atoms with E-state index in [2.05, 4.69) is 16.0 Å². The van der Waals surface area contributed by atoms with Crippen LogP contribution in [0.3, 0.4) is 0 Å². The molecule has 0 spiro atoms. The third kappa shape index (κ3) is 12.8. The Morgan fingerprint density at radius 2 is 1.50 bits per heavy atom. The van der Waals surface area contributed by atoms with Crippen LogP contribution in [0.1, 0.15) is 52.4 Å². The van der Waals surface area contributed by atoms with Crippen LogP contribution >= 0.6 is 11.8 Å². The summed E-state index contributed by atoms with van der Waals surface area (Å²) >= 11 is 1.43. The van der Waals surface area contributed by atoms with Gasteiger partial charge in [-0.25, -0.2) is 4.79 Å². The summed E-state index contributed by atoms with van der Waals surface area (Å²) in [6.45, 7) is 3.91. The molecule has 10 N–H and O–H groups in total. The fraction of sp³-hybridized carbons (Fsp3) is 0.762. The van der Waals surface area contributed by atoms with Gasteiger partial charge in [0.2, 0.25) is 23.6 Å². The molecule has 4 unspecified atom stereocenters. The number of rotatable bonds is 18. The normalized spacial score (nSPS) is 14.5. The number of carboxylic acids is 1. The Bertz CT molecular complexity index is 693. The highest BCUT2D eigenvalue weighted by molar-refractivity contribution is 7.98. The van der Waals surface area contributed by atoms with Crippen molar-refractivity contribution in [2.75, 3.05) is 18.6 Å². The molecule has 0 fully saturated rings. The number of unbranched alkanes of at least 4 members (excludes halogenated alkanes) is 1. The van der Waals surface area contributed by atoms with Gasteiger partial charge in [-0.05, 0) is 50.2 Å².